The quantitative estimate of drug-likeness (QED) is 0.597. The minimum absolute atomic E-state index is 0.0245. The number of anilines is 1. The molecule has 1 unspecified atom stereocenters. The lowest BCUT2D eigenvalue weighted by Gasteiger charge is -2.23. The molecule has 6 nitrogen and oxygen atoms in total. The summed E-state index contributed by atoms with van der Waals surface area (Å²) >= 11 is 0. The van der Waals surface area contributed by atoms with Crippen LogP contribution in [0.1, 0.15) is 44.0 Å². The van der Waals surface area contributed by atoms with Gasteiger partial charge in [-0.25, -0.2) is 0 Å². The van der Waals surface area contributed by atoms with Crippen LogP contribution in [0.5, 0.6) is 0 Å². The molecule has 1 rings (SSSR count). The van der Waals surface area contributed by atoms with Gasteiger partial charge in [-0.3, -0.25) is 14.9 Å². The first kappa shape index (κ1) is 16.9. The van der Waals surface area contributed by atoms with E-state index in [0.29, 0.717) is 17.2 Å². The largest absolute Gasteiger partial charge is 0.387 e. The van der Waals surface area contributed by atoms with E-state index in [9.17, 15) is 14.9 Å². The number of nitro groups is 1. The number of carbonyl (C=O) groups is 1. The number of rotatable bonds is 7. The van der Waals surface area contributed by atoms with Crippen LogP contribution in [0.15, 0.2) is 18.2 Å². The zero-order valence-electron chi connectivity index (χ0n) is 13.0. The Morgan fingerprint density at radius 2 is 1.95 bits per heavy atom. The Balaban J connectivity index is 3.00. The fourth-order valence-corrected chi connectivity index (χ4v) is 2.45. The summed E-state index contributed by atoms with van der Waals surface area (Å²) in [6.45, 7) is 6.14. The molecule has 0 heterocycles. The van der Waals surface area contributed by atoms with E-state index in [0.717, 1.165) is 12.8 Å². The van der Waals surface area contributed by atoms with Gasteiger partial charge in [0, 0.05) is 30.9 Å². The lowest BCUT2D eigenvalue weighted by molar-refractivity contribution is -0.384. The summed E-state index contributed by atoms with van der Waals surface area (Å²) in [5.74, 6) is 0.105. The summed E-state index contributed by atoms with van der Waals surface area (Å²) in [5, 5.41) is 16.7. The first-order valence-electron chi connectivity index (χ1n) is 7.21. The highest BCUT2D eigenvalue weighted by molar-refractivity contribution is 6.00. The first-order valence-corrected chi connectivity index (χ1v) is 7.21. The van der Waals surface area contributed by atoms with Crippen LogP contribution in [0, 0.1) is 16.0 Å². The maximum absolute atomic E-state index is 12.4. The lowest BCUT2D eigenvalue weighted by Crippen LogP contribution is -2.38. The highest BCUT2D eigenvalue weighted by Crippen LogP contribution is 2.22. The smallest absolute Gasteiger partial charge is 0.270 e. The van der Waals surface area contributed by atoms with Crippen molar-refractivity contribution in [3.63, 3.8) is 0 Å². The monoisotopic (exact) mass is 293 g/mol. The third-order valence-electron chi connectivity index (χ3n) is 3.84. The normalized spacial score (nSPS) is 12.0. The standard InChI is InChI=1S/C15H23N3O3/c1-5-11(6-2)10(3)17-15(19)13-9-12(18(20)21)7-8-14(13)16-4/h7-11,16H,5-6H2,1-4H3,(H,17,19). The zero-order chi connectivity index (χ0) is 16.0. The molecule has 0 fully saturated rings. The molecule has 0 bridgehead atoms. The summed E-state index contributed by atoms with van der Waals surface area (Å²) in [6, 6.07) is 4.26. The second-order valence-electron chi connectivity index (χ2n) is 5.08. The van der Waals surface area contributed by atoms with Crippen molar-refractivity contribution >= 4 is 17.3 Å². The van der Waals surface area contributed by atoms with Crippen LogP contribution >= 0.6 is 0 Å². The molecule has 116 valence electrons. The van der Waals surface area contributed by atoms with Gasteiger partial charge in [-0.05, 0) is 18.9 Å². The maximum atomic E-state index is 12.4. The third kappa shape index (κ3) is 4.18. The molecule has 0 aromatic heterocycles. The van der Waals surface area contributed by atoms with Gasteiger partial charge in [0.2, 0.25) is 0 Å². The molecule has 21 heavy (non-hydrogen) atoms. The molecule has 2 N–H and O–H groups in total. The fraction of sp³-hybridized carbons (Fsp3) is 0.533. The predicted molar refractivity (Wildman–Crippen MR) is 83.6 cm³/mol. The molecule has 0 saturated carbocycles. The molecule has 0 aliphatic heterocycles. The number of benzene rings is 1. The summed E-state index contributed by atoms with van der Waals surface area (Å²) in [6.07, 6.45) is 1.96. The number of non-ortho nitro benzene ring substituents is 1. The van der Waals surface area contributed by atoms with Gasteiger partial charge in [0.1, 0.15) is 0 Å². The van der Waals surface area contributed by atoms with Gasteiger partial charge < -0.3 is 10.6 Å². The topological polar surface area (TPSA) is 84.3 Å². The van der Waals surface area contributed by atoms with E-state index < -0.39 is 4.92 Å². The molecule has 1 aromatic rings. The SMILES string of the molecule is CCC(CC)C(C)NC(=O)c1cc([N+](=O)[O-])ccc1NC. The van der Waals surface area contributed by atoms with E-state index in [-0.39, 0.29) is 17.6 Å². The molecule has 0 aliphatic carbocycles. The van der Waals surface area contributed by atoms with Gasteiger partial charge in [-0.15, -0.1) is 0 Å². The number of nitrogens with zero attached hydrogens (tertiary/aromatic N) is 1. The molecule has 0 aliphatic rings. The molecule has 1 amide bonds. The maximum Gasteiger partial charge on any atom is 0.270 e. The Hall–Kier alpha value is -2.11. The minimum atomic E-state index is -0.499. The number of hydrogen-bond acceptors (Lipinski definition) is 4. The van der Waals surface area contributed by atoms with E-state index in [1.165, 1.54) is 12.1 Å². The minimum Gasteiger partial charge on any atom is -0.387 e. The third-order valence-corrected chi connectivity index (χ3v) is 3.84. The van der Waals surface area contributed by atoms with E-state index in [2.05, 4.69) is 24.5 Å². The Labute approximate surface area is 125 Å². The summed E-state index contributed by atoms with van der Waals surface area (Å²) < 4.78 is 0. The van der Waals surface area contributed by atoms with Crippen molar-refractivity contribution in [3.8, 4) is 0 Å². The first-order chi connectivity index (χ1) is 9.94. The Kier molecular flexibility index (Phi) is 6.14. The highest BCUT2D eigenvalue weighted by Gasteiger charge is 2.20. The Morgan fingerprint density at radius 1 is 1.33 bits per heavy atom. The number of hydrogen-bond donors (Lipinski definition) is 2. The van der Waals surface area contributed by atoms with E-state index >= 15 is 0 Å². The number of nitrogens with one attached hydrogen (secondary N) is 2. The number of carbonyl (C=O) groups excluding carboxylic acids is 1. The summed E-state index contributed by atoms with van der Waals surface area (Å²) in [5.41, 5.74) is 0.786. The molecule has 1 aromatic carbocycles. The van der Waals surface area contributed by atoms with Crippen LogP contribution in [0.3, 0.4) is 0 Å². The van der Waals surface area contributed by atoms with Gasteiger partial charge in [0.05, 0.1) is 10.5 Å². The van der Waals surface area contributed by atoms with Gasteiger partial charge in [0.15, 0.2) is 0 Å². The average Bonchev–Trinajstić information content (AvgIpc) is 2.47. The van der Waals surface area contributed by atoms with E-state index in [1.54, 1.807) is 13.1 Å². The van der Waals surface area contributed by atoms with Crippen LogP contribution in [0.4, 0.5) is 11.4 Å². The van der Waals surface area contributed by atoms with Crippen molar-refractivity contribution in [2.24, 2.45) is 5.92 Å². The highest BCUT2D eigenvalue weighted by atomic mass is 16.6. The molecular formula is C15H23N3O3. The Morgan fingerprint density at radius 3 is 2.43 bits per heavy atom. The molecular weight excluding hydrogens is 270 g/mol. The molecule has 0 saturated heterocycles. The van der Waals surface area contributed by atoms with Crippen molar-refractivity contribution in [2.45, 2.75) is 39.7 Å². The van der Waals surface area contributed by atoms with Crippen molar-refractivity contribution in [1.29, 1.82) is 0 Å². The number of amides is 1. The van der Waals surface area contributed by atoms with Crippen LogP contribution in [0.2, 0.25) is 0 Å². The predicted octanol–water partition coefficient (Wildman–Crippen LogP) is 3.19. The second kappa shape index (κ2) is 7.61. The number of nitro benzene ring substituents is 1. The molecule has 0 spiro atoms. The molecule has 6 heteroatoms. The average molecular weight is 293 g/mol. The summed E-state index contributed by atoms with van der Waals surface area (Å²) in [4.78, 5) is 22.7. The van der Waals surface area contributed by atoms with E-state index in [1.807, 2.05) is 6.92 Å². The fourth-order valence-electron chi connectivity index (χ4n) is 2.45. The van der Waals surface area contributed by atoms with Gasteiger partial charge in [-0.2, -0.15) is 0 Å². The summed E-state index contributed by atoms with van der Waals surface area (Å²) in [7, 11) is 1.68. The van der Waals surface area contributed by atoms with Crippen molar-refractivity contribution < 1.29 is 9.72 Å². The Bertz CT molecular complexity index is 513. The lowest BCUT2D eigenvalue weighted by atomic mass is 9.95. The van der Waals surface area contributed by atoms with Gasteiger partial charge >= 0.3 is 0 Å². The van der Waals surface area contributed by atoms with Crippen LogP contribution in [-0.4, -0.2) is 23.9 Å². The van der Waals surface area contributed by atoms with Crippen molar-refractivity contribution in [2.75, 3.05) is 12.4 Å². The van der Waals surface area contributed by atoms with Crippen molar-refractivity contribution in [3.05, 3.63) is 33.9 Å². The van der Waals surface area contributed by atoms with Crippen molar-refractivity contribution in [1.82, 2.24) is 5.32 Å². The second-order valence-corrected chi connectivity index (χ2v) is 5.08. The van der Waals surface area contributed by atoms with Crippen LogP contribution in [0.25, 0.3) is 0 Å². The molecule has 0 radical (unpaired) electrons. The van der Waals surface area contributed by atoms with Gasteiger partial charge in [-0.1, -0.05) is 26.7 Å². The van der Waals surface area contributed by atoms with Crippen LogP contribution < -0.4 is 10.6 Å². The zero-order valence-corrected chi connectivity index (χ0v) is 13.0. The van der Waals surface area contributed by atoms with Crippen LogP contribution in [-0.2, 0) is 0 Å². The van der Waals surface area contributed by atoms with E-state index in [4.69, 9.17) is 0 Å². The van der Waals surface area contributed by atoms with Gasteiger partial charge in [0.25, 0.3) is 11.6 Å². The molecule has 1 atom stereocenters.